The van der Waals surface area contributed by atoms with Crippen LogP contribution >= 0.6 is 0 Å². The van der Waals surface area contributed by atoms with Crippen LogP contribution in [-0.2, 0) is 32.2 Å². The number of amides is 3. The first-order valence-electron chi connectivity index (χ1n) is 12.4. The Morgan fingerprint density at radius 2 is 1.89 bits per heavy atom. The number of halogens is 1. The topological polar surface area (TPSA) is 91.0 Å². The molecule has 3 amide bonds. The van der Waals surface area contributed by atoms with Crippen LogP contribution in [0, 0.1) is 5.82 Å². The van der Waals surface area contributed by atoms with E-state index in [4.69, 9.17) is 12.6 Å². The Kier molecular flexibility index (Phi) is 10.2. The SMILES string of the molecule is [B]CC(=O)NC(=O)CN1CC(=C\NCc2cccc(CN3CC(C)OC(C)C3)c2F)/C(=C\C=C/C)C1=O. The zero-order chi connectivity index (χ0) is 26.9. The Balaban J connectivity index is 1.68. The highest BCUT2D eigenvalue weighted by Gasteiger charge is 2.31. The van der Waals surface area contributed by atoms with E-state index < -0.39 is 11.8 Å². The highest BCUT2D eigenvalue weighted by Crippen LogP contribution is 2.23. The molecule has 0 bridgehead atoms. The summed E-state index contributed by atoms with van der Waals surface area (Å²) in [5.74, 6) is -1.80. The van der Waals surface area contributed by atoms with Crippen LogP contribution < -0.4 is 10.6 Å². The summed E-state index contributed by atoms with van der Waals surface area (Å²) in [5, 5.41) is 5.26. The zero-order valence-electron chi connectivity index (χ0n) is 21.6. The molecule has 2 unspecified atom stereocenters. The van der Waals surface area contributed by atoms with E-state index in [1.165, 1.54) is 4.90 Å². The molecule has 2 N–H and O–H groups in total. The third-order valence-electron chi connectivity index (χ3n) is 6.10. The summed E-state index contributed by atoms with van der Waals surface area (Å²) in [5.41, 5.74) is 2.23. The van der Waals surface area contributed by atoms with Gasteiger partial charge in [-0.05, 0) is 38.7 Å². The van der Waals surface area contributed by atoms with Crippen molar-refractivity contribution >= 4 is 25.6 Å². The fourth-order valence-electron chi connectivity index (χ4n) is 4.54. The van der Waals surface area contributed by atoms with Gasteiger partial charge in [0.25, 0.3) is 5.91 Å². The van der Waals surface area contributed by atoms with Gasteiger partial charge in [0, 0.05) is 55.6 Å². The smallest absolute Gasteiger partial charge is 0.255 e. The Hall–Kier alpha value is -3.24. The van der Waals surface area contributed by atoms with Gasteiger partial charge < -0.3 is 15.0 Å². The summed E-state index contributed by atoms with van der Waals surface area (Å²) in [4.78, 5) is 39.9. The van der Waals surface area contributed by atoms with E-state index in [0.717, 1.165) is 13.1 Å². The zero-order valence-corrected chi connectivity index (χ0v) is 21.6. The highest BCUT2D eigenvalue weighted by molar-refractivity contribution is 6.21. The predicted molar refractivity (Wildman–Crippen MR) is 140 cm³/mol. The molecular weight excluding hydrogens is 474 g/mol. The molecule has 0 saturated carbocycles. The molecular formula is C27H34BFN4O4. The van der Waals surface area contributed by atoms with Gasteiger partial charge in [0.1, 0.15) is 12.4 Å². The number of rotatable bonds is 9. The fourth-order valence-corrected chi connectivity index (χ4v) is 4.54. The maximum absolute atomic E-state index is 15.3. The van der Waals surface area contributed by atoms with Crippen LogP contribution in [0.3, 0.4) is 0 Å². The number of nitrogens with zero attached hydrogens (tertiary/aromatic N) is 2. The lowest BCUT2D eigenvalue weighted by Gasteiger charge is -2.35. The maximum atomic E-state index is 15.3. The Morgan fingerprint density at radius 3 is 2.57 bits per heavy atom. The molecule has 37 heavy (non-hydrogen) atoms. The standard InChI is InChI=1S/C27H34BFN4O4/c1-4-5-9-23-22(16-33(27(23)36)17-25(35)31-24(34)10-28)12-30-11-20-7-6-8-21(26(20)29)15-32-13-18(2)37-19(3)14-32/h4-9,12,18-19,30H,10-11,13-17H2,1-3H3,(H,31,34,35)/b5-4-,22-12+,23-9+. The number of hydrogen-bond donors (Lipinski definition) is 2. The van der Waals surface area contributed by atoms with Gasteiger partial charge in [-0.2, -0.15) is 0 Å². The minimum absolute atomic E-state index is 0.106. The molecule has 2 aliphatic heterocycles. The number of imide groups is 1. The van der Waals surface area contributed by atoms with Crippen LogP contribution in [0.5, 0.6) is 0 Å². The third kappa shape index (κ3) is 7.87. The average Bonchev–Trinajstić information content (AvgIpc) is 3.13. The van der Waals surface area contributed by atoms with E-state index in [-0.39, 0.29) is 49.9 Å². The lowest BCUT2D eigenvalue weighted by atomic mass is 10.1. The Morgan fingerprint density at radius 1 is 1.19 bits per heavy atom. The molecule has 1 aromatic rings. The molecule has 10 heteroatoms. The molecule has 196 valence electrons. The number of allylic oxidation sites excluding steroid dienone is 3. The third-order valence-corrected chi connectivity index (χ3v) is 6.10. The van der Waals surface area contributed by atoms with Gasteiger partial charge in [-0.25, -0.2) is 4.39 Å². The summed E-state index contributed by atoms with van der Waals surface area (Å²) < 4.78 is 21.1. The lowest BCUT2D eigenvalue weighted by molar-refractivity contribution is -0.134. The number of hydrogen-bond acceptors (Lipinski definition) is 6. The van der Waals surface area contributed by atoms with Crippen LogP contribution in [0.25, 0.3) is 0 Å². The second-order valence-electron chi connectivity index (χ2n) is 9.33. The molecule has 2 aliphatic rings. The number of nitrogens with one attached hydrogen (secondary N) is 2. The highest BCUT2D eigenvalue weighted by atomic mass is 19.1. The van der Waals surface area contributed by atoms with Crippen LogP contribution in [-0.4, -0.2) is 73.8 Å². The van der Waals surface area contributed by atoms with E-state index in [9.17, 15) is 14.4 Å². The van der Waals surface area contributed by atoms with Gasteiger partial charge in [-0.15, -0.1) is 0 Å². The van der Waals surface area contributed by atoms with Gasteiger partial charge >= 0.3 is 0 Å². The number of carbonyl (C=O) groups excluding carboxylic acids is 3. The molecule has 0 aliphatic carbocycles. The van der Waals surface area contributed by atoms with Gasteiger partial charge in [0.15, 0.2) is 0 Å². The second kappa shape index (κ2) is 13.3. The first kappa shape index (κ1) is 28.3. The van der Waals surface area contributed by atoms with E-state index in [1.807, 2.05) is 26.8 Å². The van der Waals surface area contributed by atoms with E-state index in [2.05, 4.69) is 15.5 Å². The largest absolute Gasteiger partial charge is 0.386 e. The van der Waals surface area contributed by atoms with Gasteiger partial charge in [-0.3, -0.25) is 24.6 Å². The number of ether oxygens (including phenoxy) is 1. The summed E-state index contributed by atoms with van der Waals surface area (Å²) in [6.45, 7) is 8.02. The van der Waals surface area contributed by atoms with E-state index in [0.29, 0.717) is 28.8 Å². The molecule has 2 fully saturated rings. The van der Waals surface area contributed by atoms with Crippen molar-refractivity contribution in [1.82, 2.24) is 20.4 Å². The van der Waals surface area contributed by atoms with Gasteiger partial charge in [0.05, 0.1) is 20.1 Å². The minimum Gasteiger partial charge on any atom is -0.386 e. The van der Waals surface area contributed by atoms with Crippen molar-refractivity contribution in [2.45, 2.75) is 52.4 Å². The Labute approximate surface area is 219 Å². The molecule has 0 aromatic heterocycles. The second-order valence-corrected chi connectivity index (χ2v) is 9.33. The van der Waals surface area contributed by atoms with Crippen LogP contribution in [0.1, 0.15) is 31.9 Å². The van der Waals surface area contributed by atoms with Crippen molar-refractivity contribution < 1.29 is 23.5 Å². The fraction of sp³-hybridized carbons (Fsp3) is 0.444. The molecule has 8 nitrogen and oxygen atoms in total. The number of morpholine rings is 1. The van der Waals surface area contributed by atoms with Crippen molar-refractivity contribution in [1.29, 1.82) is 0 Å². The van der Waals surface area contributed by atoms with Gasteiger partial charge in [-0.1, -0.05) is 30.4 Å². The van der Waals surface area contributed by atoms with E-state index in [1.54, 1.807) is 36.6 Å². The lowest BCUT2D eigenvalue weighted by Crippen LogP contribution is -2.44. The normalized spacial score (nSPS) is 22.8. The average molecular weight is 508 g/mol. The summed E-state index contributed by atoms with van der Waals surface area (Å²) in [6, 6.07) is 5.37. The number of likely N-dealkylation sites (tertiary alicyclic amines) is 1. The van der Waals surface area contributed by atoms with Gasteiger partial charge in [0.2, 0.25) is 11.8 Å². The molecule has 3 rings (SSSR count). The first-order chi connectivity index (χ1) is 17.7. The summed E-state index contributed by atoms with van der Waals surface area (Å²) in [7, 11) is 5.22. The number of benzene rings is 1. The van der Waals surface area contributed by atoms with Crippen LogP contribution in [0.15, 0.2) is 53.8 Å². The number of carbonyl (C=O) groups is 3. The van der Waals surface area contributed by atoms with Crippen molar-refractivity contribution in [3.05, 3.63) is 70.7 Å². The summed E-state index contributed by atoms with van der Waals surface area (Å²) >= 11 is 0. The maximum Gasteiger partial charge on any atom is 0.255 e. The molecule has 2 atom stereocenters. The molecule has 1 aromatic carbocycles. The predicted octanol–water partition coefficient (Wildman–Crippen LogP) is 1.98. The molecule has 2 radical (unpaired) electrons. The molecule has 2 heterocycles. The van der Waals surface area contributed by atoms with Crippen molar-refractivity contribution in [3.8, 4) is 0 Å². The molecule has 2 saturated heterocycles. The van der Waals surface area contributed by atoms with Crippen molar-refractivity contribution in [2.75, 3.05) is 26.2 Å². The van der Waals surface area contributed by atoms with Crippen molar-refractivity contribution in [2.24, 2.45) is 0 Å². The first-order valence-corrected chi connectivity index (χ1v) is 12.4. The van der Waals surface area contributed by atoms with Crippen molar-refractivity contribution in [3.63, 3.8) is 0 Å². The molecule has 0 spiro atoms. The quantitative estimate of drug-likeness (QED) is 0.392. The Bertz CT molecular complexity index is 1090. The van der Waals surface area contributed by atoms with Crippen LogP contribution in [0.4, 0.5) is 4.39 Å². The minimum atomic E-state index is -0.610. The van der Waals surface area contributed by atoms with E-state index >= 15 is 4.39 Å². The van der Waals surface area contributed by atoms with Crippen LogP contribution in [0.2, 0.25) is 6.32 Å². The summed E-state index contributed by atoms with van der Waals surface area (Å²) in [6.07, 6.45) is 6.76. The monoisotopic (exact) mass is 508 g/mol.